The molecule has 226 valence electrons. The van der Waals surface area contributed by atoms with Crippen LogP contribution in [0.25, 0.3) is 11.1 Å². The van der Waals surface area contributed by atoms with Gasteiger partial charge >= 0.3 is 11.9 Å². The first-order valence-electron chi connectivity index (χ1n) is 14.6. The highest BCUT2D eigenvalue weighted by atomic mass is 35.5. The molecule has 0 spiro atoms. The van der Waals surface area contributed by atoms with Crippen LogP contribution in [0.4, 0.5) is 0 Å². The summed E-state index contributed by atoms with van der Waals surface area (Å²) < 4.78 is 12.0. The summed E-state index contributed by atoms with van der Waals surface area (Å²) >= 11 is 6.08. The van der Waals surface area contributed by atoms with E-state index in [2.05, 4.69) is 37.2 Å². The second-order valence-electron chi connectivity index (χ2n) is 10.8. The largest absolute Gasteiger partial charge is 0.494 e. The highest BCUT2D eigenvalue weighted by Crippen LogP contribution is 2.29. The molecule has 0 unspecified atom stereocenters. The third kappa shape index (κ3) is 11.7. The molecule has 3 aromatic rings. The lowest BCUT2D eigenvalue weighted by atomic mass is 9.97. The number of nitrogens with zero attached hydrogens (tertiary/aromatic N) is 1. The van der Waals surface area contributed by atoms with Crippen molar-refractivity contribution in [1.82, 2.24) is 4.90 Å². The van der Waals surface area contributed by atoms with E-state index in [0.29, 0.717) is 30.2 Å². The lowest BCUT2D eigenvalue weighted by molar-refractivity contribution is -0.138. The molecule has 0 fully saturated rings. The minimum atomic E-state index is -0.857. The van der Waals surface area contributed by atoms with Crippen molar-refractivity contribution in [3.05, 3.63) is 82.4 Å². The number of carboxylic acids is 2. The van der Waals surface area contributed by atoms with Crippen molar-refractivity contribution in [2.24, 2.45) is 0 Å². The molecule has 0 saturated carbocycles. The van der Waals surface area contributed by atoms with Crippen LogP contribution in [0.3, 0.4) is 0 Å². The maximum absolute atomic E-state index is 11.2. The quantitative estimate of drug-likeness (QED) is 0.138. The zero-order valence-corrected chi connectivity index (χ0v) is 25.4. The summed E-state index contributed by atoms with van der Waals surface area (Å²) in [4.78, 5) is 24.2. The number of hydrogen-bond donors (Lipinski definition) is 2. The average molecular weight is 596 g/mol. The number of aliphatic carboxylic acids is 2. The summed E-state index contributed by atoms with van der Waals surface area (Å²) in [6.07, 6.45) is 5.65. The molecule has 0 aliphatic rings. The molecule has 7 nitrogen and oxygen atoms in total. The number of benzene rings is 3. The van der Waals surface area contributed by atoms with Gasteiger partial charge in [0.25, 0.3) is 0 Å². The summed E-state index contributed by atoms with van der Waals surface area (Å²) in [5.74, 6) is -0.192. The van der Waals surface area contributed by atoms with Crippen LogP contribution in [0, 0.1) is 0 Å². The first-order valence-corrected chi connectivity index (χ1v) is 14.9. The summed E-state index contributed by atoms with van der Waals surface area (Å²) in [6, 6.07) is 20.0. The van der Waals surface area contributed by atoms with E-state index in [0.717, 1.165) is 66.7 Å². The van der Waals surface area contributed by atoms with E-state index in [1.807, 2.05) is 42.5 Å². The lowest BCUT2D eigenvalue weighted by Crippen LogP contribution is -2.11. The van der Waals surface area contributed by atoms with Crippen molar-refractivity contribution in [2.45, 2.75) is 64.3 Å². The molecule has 3 rings (SSSR count). The number of rotatable bonds is 19. The van der Waals surface area contributed by atoms with Crippen LogP contribution >= 0.6 is 11.6 Å². The van der Waals surface area contributed by atoms with Gasteiger partial charge in [-0.05, 0) is 110 Å². The first-order chi connectivity index (χ1) is 20.2. The Kier molecular flexibility index (Phi) is 13.7. The molecular formula is C34H42ClNO6. The number of carboxylic acid groups (broad SMARTS) is 2. The average Bonchev–Trinajstić information content (AvgIpc) is 2.94. The van der Waals surface area contributed by atoms with Gasteiger partial charge < -0.3 is 24.6 Å². The maximum atomic E-state index is 11.2. The zero-order valence-electron chi connectivity index (χ0n) is 24.6. The van der Waals surface area contributed by atoms with Gasteiger partial charge in [0, 0.05) is 24.4 Å². The number of halogens is 1. The second-order valence-corrected chi connectivity index (χ2v) is 11.2. The lowest BCUT2D eigenvalue weighted by Gasteiger charge is -2.16. The van der Waals surface area contributed by atoms with Gasteiger partial charge in [-0.3, -0.25) is 9.59 Å². The summed E-state index contributed by atoms with van der Waals surface area (Å²) in [5, 5.41) is 18.8. The van der Waals surface area contributed by atoms with Crippen molar-refractivity contribution in [3.63, 3.8) is 0 Å². The summed E-state index contributed by atoms with van der Waals surface area (Å²) in [7, 11) is 4.10. The zero-order chi connectivity index (χ0) is 30.3. The normalized spacial score (nSPS) is 11.0. The predicted molar refractivity (Wildman–Crippen MR) is 167 cm³/mol. The van der Waals surface area contributed by atoms with Gasteiger partial charge in [-0.15, -0.1) is 0 Å². The van der Waals surface area contributed by atoms with Gasteiger partial charge in [0.2, 0.25) is 0 Å². The number of ether oxygens (including phenoxy) is 2. The van der Waals surface area contributed by atoms with Crippen molar-refractivity contribution in [3.8, 4) is 22.6 Å². The van der Waals surface area contributed by atoms with Crippen LogP contribution < -0.4 is 9.47 Å². The maximum Gasteiger partial charge on any atom is 0.303 e. The SMILES string of the molecule is CN(C)Cc1cc(OCCCCCCc2cccc(OCCCC(=O)O)c2CCC(=O)O)cc(-c2ccc(Cl)cc2)c1. The monoisotopic (exact) mass is 595 g/mol. The predicted octanol–water partition coefficient (Wildman–Crippen LogP) is 7.51. The second kappa shape index (κ2) is 17.4. The fourth-order valence-corrected chi connectivity index (χ4v) is 5.00. The topological polar surface area (TPSA) is 96.3 Å². The van der Waals surface area contributed by atoms with Gasteiger partial charge in [-0.2, -0.15) is 0 Å². The van der Waals surface area contributed by atoms with Gasteiger partial charge in [-0.1, -0.05) is 48.7 Å². The highest BCUT2D eigenvalue weighted by molar-refractivity contribution is 6.30. The molecule has 0 radical (unpaired) electrons. The third-order valence-electron chi connectivity index (χ3n) is 6.86. The Morgan fingerprint density at radius 2 is 1.48 bits per heavy atom. The first kappa shape index (κ1) is 33.0. The Bertz CT molecular complexity index is 1290. The standard InChI is InChI=1S/C34H42ClNO6/c1-36(2)24-25-21-28(26-13-15-29(35)16-14-26)23-30(22-25)41-19-6-4-3-5-9-27-10-7-11-32(31(27)17-18-34(39)40)42-20-8-12-33(37)38/h7,10-11,13-16,21-23H,3-6,8-9,12,17-20,24H2,1-2H3,(H,37,38)(H,39,40). The Morgan fingerprint density at radius 3 is 2.19 bits per heavy atom. The van der Waals surface area contributed by atoms with Gasteiger partial charge in [0.1, 0.15) is 11.5 Å². The fourth-order valence-electron chi connectivity index (χ4n) is 4.87. The minimum Gasteiger partial charge on any atom is -0.494 e. The smallest absolute Gasteiger partial charge is 0.303 e. The molecule has 0 heterocycles. The van der Waals surface area contributed by atoms with E-state index in [9.17, 15) is 14.7 Å². The van der Waals surface area contributed by atoms with Crippen LogP contribution in [0.5, 0.6) is 11.5 Å². The van der Waals surface area contributed by atoms with Crippen LogP contribution in [0.1, 0.15) is 61.6 Å². The molecule has 8 heteroatoms. The fraction of sp³-hybridized carbons (Fsp3) is 0.412. The molecule has 0 amide bonds. The highest BCUT2D eigenvalue weighted by Gasteiger charge is 2.12. The van der Waals surface area contributed by atoms with Crippen LogP contribution in [0.2, 0.25) is 5.02 Å². The molecule has 0 aromatic heterocycles. The van der Waals surface area contributed by atoms with E-state index >= 15 is 0 Å². The van der Waals surface area contributed by atoms with Crippen molar-refractivity contribution in [2.75, 3.05) is 27.3 Å². The van der Waals surface area contributed by atoms with Gasteiger partial charge in [0.05, 0.1) is 13.2 Å². The van der Waals surface area contributed by atoms with Crippen molar-refractivity contribution >= 4 is 23.5 Å². The Labute approximate surface area is 254 Å². The van der Waals surface area contributed by atoms with Crippen LogP contribution in [-0.4, -0.2) is 54.4 Å². The van der Waals surface area contributed by atoms with E-state index in [1.54, 1.807) is 0 Å². The van der Waals surface area contributed by atoms with Crippen molar-refractivity contribution in [1.29, 1.82) is 0 Å². The molecule has 0 bridgehead atoms. The Morgan fingerprint density at radius 1 is 0.762 bits per heavy atom. The van der Waals surface area contributed by atoms with E-state index < -0.39 is 11.9 Å². The van der Waals surface area contributed by atoms with Gasteiger partial charge in [-0.25, -0.2) is 0 Å². The molecule has 3 aromatic carbocycles. The third-order valence-corrected chi connectivity index (χ3v) is 7.12. The molecule has 42 heavy (non-hydrogen) atoms. The van der Waals surface area contributed by atoms with E-state index in [1.165, 1.54) is 5.56 Å². The number of unbranched alkanes of at least 4 members (excludes halogenated alkanes) is 3. The molecule has 0 saturated heterocycles. The van der Waals surface area contributed by atoms with Crippen molar-refractivity contribution < 1.29 is 29.3 Å². The molecular weight excluding hydrogens is 554 g/mol. The van der Waals surface area contributed by atoms with Gasteiger partial charge in [0.15, 0.2) is 0 Å². The summed E-state index contributed by atoms with van der Waals surface area (Å²) in [5.41, 5.74) is 5.40. The molecule has 0 aliphatic heterocycles. The van der Waals surface area contributed by atoms with Crippen LogP contribution in [-0.2, 0) is 29.0 Å². The number of aryl methyl sites for hydroxylation is 1. The van der Waals surface area contributed by atoms with E-state index in [-0.39, 0.29) is 19.4 Å². The molecule has 0 aliphatic carbocycles. The summed E-state index contributed by atoms with van der Waals surface area (Å²) in [6.45, 7) is 1.74. The molecule has 2 N–H and O–H groups in total. The molecule has 0 atom stereocenters. The Hall–Kier alpha value is -3.55. The number of carbonyl (C=O) groups is 2. The Balaban J connectivity index is 1.51. The van der Waals surface area contributed by atoms with Crippen LogP contribution in [0.15, 0.2) is 60.7 Å². The van der Waals surface area contributed by atoms with E-state index in [4.69, 9.17) is 26.2 Å². The minimum absolute atomic E-state index is 0.0231. The number of hydrogen-bond acceptors (Lipinski definition) is 5.